The minimum absolute atomic E-state index is 0.0220. The number of rotatable bonds is 7. The van der Waals surface area contributed by atoms with E-state index in [2.05, 4.69) is 10.6 Å². The third-order valence-corrected chi connectivity index (χ3v) is 3.65. The predicted octanol–water partition coefficient (Wildman–Crippen LogP) is 2.82. The van der Waals surface area contributed by atoms with E-state index in [1.807, 2.05) is 6.92 Å². The van der Waals surface area contributed by atoms with Crippen molar-refractivity contribution in [3.63, 3.8) is 0 Å². The minimum Gasteiger partial charge on any atom is -0.348 e. The molecule has 25 heavy (non-hydrogen) atoms. The average molecular weight is 343 g/mol. The molecule has 0 bridgehead atoms. The Morgan fingerprint density at radius 3 is 2.44 bits per heavy atom. The summed E-state index contributed by atoms with van der Waals surface area (Å²) in [6.07, 6.45) is 0.963. The largest absolute Gasteiger partial charge is 0.348 e. The molecule has 132 valence electrons. The maximum absolute atomic E-state index is 13.5. The Kier molecular flexibility index (Phi) is 6.65. The molecular formula is C19H22FN3O2. The summed E-state index contributed by atoms with van der Waals surface area (Å²) in [5.41, 5.74) is 7.09. The molecule has 0 aromatic heterocycles. The lowest BCUT2D eigenvalue weighted by atomic mass is 10.1. The first-order valence-corrected chi connectivity index (χ1v) is 8.13. The van der Waals surface area contributed by atoms with E-state index >= 15 is 0 Å². The first-order chi connectivity index (χ1) is 12.0. The molecule has 2 aromatic rings. The van der Waals surface area contributed by atoms with Crippen LogP contribution in [0.15, 0.2) is 48.5 Å². The smallest absolute Gasteiger partial charge is 0.251 e. The summed E-state index contributed by atoms with van der Waals surface area (Å²) in [5, 5.41) is 5.42. The highest BCUT2D eigenvalue weighted by Crippen LogP contribution is 2.11. The van der Waals surface area contributed by atoms with Crippen molar-refractivity contribution in [2.24, 2.45) is 5.73 Å². The van der Waals surface area contributed by atoms with Gasteiger partial charge in [-0.05, 0) is 43.7 Å². The lowest BCUT2D eigenvalue weighted by molar-refractivity contribution is -0.116. The van der Waals surface area contributed by atoms with Gasteiger partial charge in [-0.1, -0.05) is 18.2 Å². The van der Waals surface area contributed by atoms with Crippen LogP contribution in [0.2, 0.25) is 0 Å². The van der Waals surface area contributed by atoms with E-state index < -0.39 is 0 Å². The summed E-state index contributed by atoms with van der Waals surface area (Å²) in [7, 11) is 0. The number of benzene rings is 2. The van der Waals surface area contributed by atoms with Crippen molar-refractivity contribution < 1.29 is 14.0 Å². The number of nitrogens with one attached hydrogen (secondary N) is 2. The monoisotopic (exact) mass is 343 g/mol. The first-order valence-electron chi connectivity index (χ1n) is 8.13. The van der Waals surface area contributed by atoms with Crippen molar-refractivity contribution in [3.05, 3.63) is 65.5 Å². The lowest BCUT2D eigenvalue weighted by Gasteiger charge is -2.09. The van der Waals surface area contributed by atoms with Crippen molar-refractivity contribution in [3.8, 4) is 0 Å². The number of anilines is 1. The van der Waals surface area contributed by atoms with E-state index in [9.17, 15) is 14.0 Å². The molecular weight excluding hydrogens is 321 g/mol. The van der Waals surface area contributed by atoms with Crippen LogP contribution in [0.4, 0.5) is 10.1 Å². The Hall–Kier alpha value is -2.73. The van der Waals surface area contributed by atoms with Crippen LogP contribution in [0.3, 0.4) is 0 Å². The molecule has 6 heteroatoms. The molecule has 0 heterocycles. The van der Waals surface area contributed by atoms with E-state index in [4.69, 9.17) is 5.73 Å². The van der Waals surface area contributed by atoms with Gasteiger partial charge in [-0.25, -0.2) is 4.39 Å². The number of hydrogen-bond donors (Lipinski definition) is 3. The highest BCUT2D eigenvalue weighted by atomic mass is 19.1. The van der Waals surface area contributed by atoms with E-state index in [0.29, 0.717) is 29.7 Å². The summed E-state index contributed by atoms with van der Waals surface area (Å²) in [5.74, 6) is -0.778. The Labute approximate surface area is 146 Å². The molecule has 0 aliphatic carbocycles. The van der Waals surface area contributed by atoms with E-state index in [0.717, 1.165) is 0 Å². The Morgan fingerprint density at radius 1 is 1.12 bits per heavy atom. The topological polar surface area (TPSA) is 84.2 Å². The van der Waals surface area contributed by atoms with Gasteiger partial charge in [0.05, 0.1) is 0 Å². The molecule has 0 radical (unpaired) electrons. The van der Waals surface area contributed by atoms with Crippen molar-refractivity contribution >= 4 is 17.5 Å². The minimum atomic E-state index is -0.354. The number of carbonyl (C=O) groups excluding carboxylic acids is 2. The number of amides is 2. The molecule has 1 unspecified atom stereocenters. The highest BCUT2D eigenvalue weighted by molar-refractivity contribution is 5.95. The fourth-order valence-corrected chi connectivity index (χ4v) is 2.21. The fraction of sp³-hybridized carbons (Fsp3) is 0.263. The summed E-state index contributed by atoms with van der Waals surface area (Å²) < 4.78 is 13.5. The standard InChI is InChI=1S/C19H22FN3O2/c1-13(21)6-11-18(24)23-16-9-7-14(8-10-16)19(25)22-12-15-4-2-3-5-17(15)20/h2-5,7-10,13H,6,11-12,21H2,1H3,(H,22,25)(H,23,24). The van der Waals surface area contributed by atoms with Crippen molar-refractivity contribution in [1.29, 1.82) is 0 Å². The van der Waals surface area contributed by atoms with Crippen LogP contribution >= 0.6 is 0 Å². The number of nitrogens with two attached hydrogens (primary N) is 1. The molecule has 2 rings (SSSR count). The second-order valence-electron chi connectivity index (χ2n) is 5.92. The third-order valence-electron chi connectivity index (χ3n) is 3.65. The van der Waals surface area contributed by atoms with Crippen LogP contribution in [0.5, 0.6) is 0 Å². The zero-order valence-corrected chi connectivity index (χ0v) is 14.1. The summed E-state index contributed by atoms with van der Waals surface area (Å²) >= 11 is 0. The van der Waals surface area contributed by atoms with Crippen molar-refractivity contribution in [2.75, 3.05) is 5.32 Å². The summed E-state index contributed by atoms with van der Waals surface area (Å²) in [4.78, 5) is 23.9. The van der Waals surface area contributed by atoms with Crippen LogP contribution < -0.4 is 16.4 Å². The van der Waals surface area contributed by atoms with E-state index in [-0.39, 0.29) is 30.2 Å². The second kappa shape index (κ2) is 8.94. The first kappa shape index (κ1) is 18.6. The van der Waals surface area contributed by atoms with Gasteiger partial charge in [-0.3, -0.25) is 9.59 Å². The molecule has 0 aliphatic heterocycles. The predicted molar refractivity (Wildman–Crippen MR) is 95.5 cm³/mol. The zero-order chi connectivity index (χ0) is 18.2. The molecule has 0 saturated carbocycles. The number of halogens is 1. The van der Waals surface area contributed by atoms with Crippen LogP contribution in [-0.2, 0) is 11.3 Å². The summed E-state index contributed by atoms with van der Waals surface area (Å²) in [6, 6.07) is 12.8. The van der Waals surface area contributed by atoms with Gasteiger partial charge < -0.3 is 16.4 Å². The van der Waals surface area contributed by atoms with Gasteiger partial charge in [0.2, 0.25) is 5.91 Å². The van der Waals surface area contributed by atoms with Crippen LogP contribution in [-0.4, -0.2) is 17.9 Å². The Bertz CT molecular complexity index is 730. The van der Waals surface area contributed by atoms with Gasteiger partial charge in [0, 0.05) is 35.8 Å². The summed E-state index contributed by atoms with van der Waals surface area (Å²) in [6.45, 7) is 1.96. The van der Waals surface area contributed by atoms with Crippen LogP contribution in [0.1, 0.15) is 35.7 Å². The second-order valence-corrected chi connectivity index (χ2v) is 5.92. The molecule has 4 N–H and O–H groups in total. The van der Waals surface area contributed by atoms with Crippen molar-refractivity contribution in [1.82, 2.24) is 5.32 Å². The van der Waals surface area contributed by atoms with Gasteiger partial charge in [0.15, 0.2) is 0 Å². The number of carbonyl (C=O) groups is 2. The molecule has 2 amide bonds. The number of hydrogen-bond acceptors (Lipinski definition) is 3. The molecule has 5 nitrogen and oxygen atoms in total. The quantitative estimate of drug-likeness (QED) is 0.723. The third kappa shape index (κ3) is 6.00. The fourth-order valence-electron chi connectivity index (χ4n) is 2.21. The molecule has 2 aromatic carbocycles. The zero-order valence-electron chi connectivity index (χ0n) is 14.1. The van der Waals surface area contributed by atoms with Gasteiger partial charge >= 0.3 is 0 Å². The maximum Gasteiger partial charge on any atom is 0.251 e. The van der Waals surface area contributed by atoms with Gasteiger partial charge in [0.25, 0.3) is 5.91 Å². The SMILES string of the molecule is CC(N)CCC(=O)Nc1ccc(C(=O)NCc2ccccc2F)cc1. The van der Waals surface area contributed by atoms with Crippen LogP contribution in [0, 0.1) is 5.82 Å². The average Bonchev–Trinajstić information content (AvgIpc) is 2.59. The van der Waals surface area contributed by atoms with Gasteiger partial charge in [-0.2, -0.15) is 0 Å². The normalized spacial score (nSPS) is 11.6. The van der Waals surface area contributed by atoms with Crippen molar-refractivity contribution in [2.45, 2.75) is 32.4 Å². The van der Waals surface area contributed by atoms with E-state index in [1.165, 1.54) is 6.07 Å². The molecule has 0 aliphatic rings. The lowest BCUT2D eigenvalue weighted by Crippen LogP contribution is -2.23. The highest BCUT2D eigenvalue weighted by Gasteiger charge is 2.08. The van der Waals surface area contributed by atoms with Gasteiger partial charge in [0.1, 0.15) is 5.82 Å². The Morgan fingerprint density at radius 2 is 1.80 bits per heavy atom. The molecule has 1 atom stereocenters. The maximum atomic E-state index is 13.5. The Balaban J connectivity index is 1.87. The van der Waals surface area contributed by atoms with Crippen LogP contribution in [0.25, 0.3) is 0 Å². The van der Waals surface area contributed by atoms with E-state index in [1.54, 1.807) is 42.5 Å². The molecule has 0 spiro atoms. The molecule has 0 saturated heterocycles. The van der Waals surface area contributed by atoms with Gasteiger partial charge in [-0.15, -0.1) is 0 Å². The molecule has 0 fully saturated rings.